The Morgan fingerprint density at radius 3 is 2.80 bits per heavy atom. The summed E-state index contributed by atoms with van der Waals surface area (Å²) in [5, 5.41) is 12.0. The lowest BCUT2D eigenvalue weighted by molar-refractivity contribution is -0.118. The summed E-state index contributed by atoms with van der Waals surface area (Å²) >= 11 is 1.37. The molecule has 0 aliphatic rings. The zero-order valence-electron chi connectivity index (χ0n) is 14.1. The van der Waals surface area contributed by atoms with E-state index in [-0.39, 0.29) is 5.91 Å². The van der Waals surface area contributed by atoms with Gasteiger partial charge in [-0.2, -0.15) is 0 Å². The number of nitrogens with zero attached hydrogens (tertiary/aromatic N) is 4. The summed E-state index contributed by atoms with van der Waals surface area (Å²) in [7, 11) is 1.88. The average molecular weight is 353 g/mol. The molecule has 3 aromatic rings. The molecule has 0 saturated heterocycles. The van der Waals surface area contributed by atoms with E-state index in [9.17, 15) is 4.79 Å². The van der Waals surface area contributed by atoms with Crippen LogP contribution in [0.25, 0.3) is 11.4 Å². The molecular formula is C18H19N5OS. The first-order chi connectivity index (χ1) is 12.1. The largest absolute Gasteiger partial charge is 0.351 e. The number of rotatable bonds is 6. The first-order valence-corrected chi connectivity index (χ1v) is 8.87. The Balaban J connectivity index is 1.56. The van der Waals surface area contributed by atoms with Crippen molar-refractivity contribution in [3.05, 3.63) is 59.9 Å². The van der Waals surface area contributed by atoms with Crippen molar-refractivity contribution in [2.75, 3.05) is 5.75 Å². The van der Waals surface area contributed by atoms with Gasteiger partial charge in [0.2, 0.25) is 5.91 Å². The fourth-order valence-corrected chi connectivity index (χ4v) is 3.11. The minimum Gasteiger partial charge on any atom is -0.351 e. The molecule has 2 heterocycles. The highest BCUT2D eigenvalue weighted by Gasteiger charge is 2.13. The van der Waals surface area contributed by atoms with Crippen molar-refractivity contribution in [3.8, 4) is 11.4 Å². The Morgan fingerprint density at radius 2 is 2.04 bits per heavy atom. The molecule has 0 unspecified atom stereocenters. The summed E-state index contributed by atoms with van der Waals surface area (Å²) in [6, 6.07) is 11.8. The van der Waals surface area contributed by atoms with Crippen LogP contribution in [0.2, 0.25) is 0 Å². The third kappa shape index (κ3) is 4.24. The van der Waals surface area contributed by atoms with Crippen LogP contribution in [-0.4, -0.2) is 31.4 Å². The van der Waals surface area contributed by atoms with E-state index in [0.717, 1.165) is 17.0 Å². The van der Waals surface area contributed by atoms with Crippen LogP contribution in [0.5, 0.6) is 0 Å². The molecule has 0 fully saturated rings. The molecule has 25 heavy (non-hydrogen) atoms. The normalized spacial score (nSPS) is 10.6. The van der Waals surface area contributed by atoms with Crippen LogP contribution in [0.1, 0.15) is 11.1 Å². The van der Waals surface area contributed by atoms with Gasteiger partial charge in [0.15, 0.2) is 11.0 Å². The van der Waals surface area contributed by atoms with Gasteiger partial charge in [-0.3, -0.25) is 9.78 Å². The number of carbonyl (C=O) groups excluding carboxylic acids is 1. The summed E-state index contributed by atoms with van der Waals surface area (Å²) in [6.07, 6.45) is 3.46. The highest BCUT2D eigenvalue weighted by atomic mass is 32.2. The van der Waals surface area contributed by atoms with Gasteiger partial charge in [-0.1, -0.05) is 36.0 Å². The highest BCUT2D eigenvalue weighted by molar-refractivity contribution is 7.99. The molecule has 3 rings (SSSR count). The van der Waals surface area contributed by atoms with Crippen molar-refractivity contribution in [2.45, 2.75) is 18.6 Å². The van der Waals surface area contributed by atoms with Gasteiger partial charge in [-0.15, -0.1) is 10.2 Å². The van der Waals surface area contributed by atoms with E-state index in [1.165, 1.54) is 17.3 Å². The first-order valence-electron chi connectivity index (χ1n) is 7.89. The third-order valence-electron chi connectivity index (χ3n) is 3.82. The second-order valence-electron chi connectivity index (χ2n) is 5.60. The number of hydrogen-bond donors (Lipinski definition) is 1. The van der Waals surface area contributed by atoms with E-state index in [2.05, 4.69) is 20.5 Å². The molecule has 128 valence electrons. The summed E-state index contributed by atoms with van der Waals surface area (Å²) in [6.45, 7) is 2.57. The molecule has 0 aliphatic heterocycles. The smallest absolute Gasteiger partial charge is 0.230 e. The van der Waals surface area contributed by atoms with Crippen LogP contribution in [0.4, 0.5) is 0 Å². The zero-order valence-corrected chi connectivity index (χ0v) is 15.0. The van der Waals surface area contributed by atoms with Gasteiger partial charge in [-0.05, 0) is 30.2 Å². The summed E-state index contributed by atoms with van der Waals surface area (Å²) < 4.78 is 1.87. The Bertz CT molecular complexity index is 863. The second kappa shape index (κ2) is 7.94. The fourth-order valence-electron chi connectivity index (χ4n) is 2.37. The van der Waals surface area contributed by atoms with E-state index >= 15 is 0 Å². The Kier molecular flexibility index (Phi) is 5.45. The fraction of sp³-hybridized carbons (Fsp3) is 0.222. The number of carbonyl (C=O) groups is 1. The molecule has 0 bridgehead atoms. The van der Waals surface area contributed by atoms with Crippen LogP contribution in [0.15, 0.2) is 53.9 Å². The van der Waals surface area contributed by atoms with E-state index in [4.69, 9.17) is 0 Å². The van der Waals surface area contributed by atoms with Gasteiger partial charge in [0.05, 0.1) is 5.75 Å². The third-order valence-corrected chi connectivity index (χ3v) is 4.84. The predicted octanol–water partition coefficient (Wildman–Crippen LogP) is 2.59. The summed E-state index contributed by atoms with van der Waals surface area (Å²) in [4.78, 5) is 16.2. The molecule has 0 radical (unpaired) electrons. The van der Waals surface area contributed by atoms with E-state index in [0.29, 0.717) is 17.5 Å². The number of nitrogens with one attached hydrogen (secondary N) is 1. The van der Waals surface area contributed by atoms with Crippen molar-refractivity contribution in [1.82, 2.24) is 25.1 Å². The van der Waals surface area contributed by atoms with Crippen LogP contribution in [0.3, 0.4) is 0 Å². The Labute approximate surface area is 150 Å². The van der Waals surface area contributed by atoms with Crippen molar-refractivity contribution in [1.29, 1.82) is 0 Å². The van der Waals surface area contributed by atoms with Crippen molar-refractivity contribution in [2.24, 2.45) is 7.05 Å². The SMILES string of the molecule is Cc1ccccc1CNC(=O)CSc1nnc(-c2cccnc2)n1C. The summed E-state index contributed by atoms with van der Waals surface area (Å²) in [5.41, 5.74) is 3.19. The molecule has 1 amide bonds. The van der Waals surface area contributed by atoms with E-state index < -0.39 is 0 Å². The number of aryl methyl sites for hydroxylation is 1. The van der Waals surface area contributed by atoms with Gasteiger partial charge in [0.1, 0.15) is 0 Å². The first kappa shape index (κ1) is 17.2. The second-order valence-corrected chi connectivity index (χ2v) is 6.54. The Morgan fingerprint density at radius 1 is 1.20 bits per heavy atom. The maximum Gasteiger partial charge on any atom is 0.230 e. The lowest BCUT2D eigenvalue weighted by Gasteiger charge is -2.07. The molecule has 0 aliphatic carbocycles. The molecule has 7 heteroatoms. The number of aromatic nitrogens is 4. The number of thioether (sulfide) groups is 1. The van der Waals surface area contributed by atoms with Gasteiger partial charge in [0, 0.05) is 31.5 Å². The minimum absolute atomic E-state index is 0.0285. The molecule has 0 spiro atoms. The molecule has 1 aromatic carbocycles. The van der Waals surface area contributed by atoms with E-state index in [1.54, 1.807) is 12.4 Å². The van der Waals surface area contributed by atoms with Crippen LogP contribution in [0, 0.1) is 6.92 Å². The number of hydrogen-bond acceptors (Lipinski definition) is 5. The maximum atomic E-state index is 12.1. The van der Waals surface area contributed by atoms with Gasteiger partial charge < -0.3 is 9.88 Å². The summed E-state index contributed by atoms with van der Waals surface area (Å²) in [5.74, 6) is 1.00. The van der Waals surface area contributed by atoms with E-state index in [1.807, 2.05) is 54.9 Å². The maximum absolute atomic E-state index is 12.1. The zero-order chi connectivity index (χ0) is 17.6. The predicted molar refractivity (Wildman–Crippen MR) is 98.0 cm³/mol. The lowest BCUT2D eigenvalue weighted by atomic mass is 10.1. The Hall–Kier alpha value is -2.67. The van der Waals surface area contributed by atoms with Crippen molar-refractivity contribution >= 4 is 17.7 Å². The lowest BCUT2D eigenvalue weighted by Crippen LogP contribution is -2.25. The molecule has 1 N–H and O–H groups in total. The molecular weight excluding hydrogens is 334 g/mol. The number of benzene rings is 1. The van der Waals surface area contributed by atoms with Crippen LogP contribution < -0.4 is 5.32 Å². The monoisotopic (exact) mass is 353 g/mol. The minimum atomic E-state index is -0.0285. The number of pyridine rings is 1. The topological polar surface area (TPSA) is 72.7 Å². The highest BCUT2D eigenvalue weighted by Crippen LogP contribution is 2.21. The average Bonchev–Trinajstić information content (AvgIpc) is 3.00. The standard InChI is InChI=1S/C18H19N5OS/c1-13-6-3-4-7-14(13)11-20-16(24)12-25-18-22-21-17(23(18)2)15-8-5-9-19-10-15/h3-10H,11-12H2,1-2H3,(H,20,24). The molecule has 6 nitrogen and oxygen atoms in total. The van der Waals surface area contributed by atoms with Gasteiger partial charge in [-0.25, -0.2) is 0 Å². The van der Waals surface area contributed by atoms with Crippen molar-refractivity contribution in [3.63, 3.8) is 0 Å². The van der Waals surface area contributed by atoms with Gasteiger partial charge >= 0.3 is 0 Å². The quantitative estimate of drug-likeness (QED) is 0.690. The van der Waals surface area contributed by atoms with Crippen molar-refractivity contribution < 1.29 is 4.79 Å². The van der Waals surface area contributed by atoms with Crippen LogP contribution in [-0.2, 0) is 18.4 Å². The van der Waals surface area contributed by atoms with Gasteiger partial charge in [0.25, 0.3) is 0 Å². The molecule has 2 aromatic heterocycles. The van der Waals surface area contributed by atoms with Crippen LogP contribution >= 0.6 is 11.8 Å². The molecule has 0 atom stereocenters. The number of amides is 1. The molecule has 0 saturated carbocycles.